The second-order valence-corrected chi connectivity index (χ2v) is 14.8. The molecule has 0 aliphatic rings. The lowest BCUT2D eigenvalue weighted by molar-refractivity contribution is 0.0912. The van der Waals surface area contributed by atoms with Crippen LogP contribution in [0.15, 0.2) is 25.8 Å². The fraction of sp³-hybridized carbons (Fsp3) is 0.375. The molecule has 164 valence electrons. The Morgan fingerprint density at radius 2 is 1.48 bits per heavy atom. The van der Waals surface area contributed by atoms with E-state index in [0.717, 1.165) is 38.1 Å². The van der Waals surface area contributed by atoms with E-state index in [1.54, 1.807) is 34.0 Å². The Bertz CT molecular complexity index is 1160. The molecule has 0 radical (unpaired) electrons. The molecular formula is C24H24Br2OS4. The number of aryl methyl sites for hydroxylation is 2. The molecule has 0 fully saturated rings. The molecular weight excluding hydrogens is 592 g/mol. The van der Waals surface area contributed by atoms with Gasteiger partial charge in [-0.3, -0.25) is 4.79 Å². The van der Waals surface area contributed by atoms with E-state index in [0.29, 0.717) is 5.78 Å². The van der Waals surface area contributed by atoms with Gasteiger partial charge in [0.1, 0.15) is 0 Å². The van der Waals surface area contributed by atoms with Gasteiger partial charge in [0, 0.05) is 21.1 Å². The minimum Gasteiger partial charge on any atom is -0.293 e. The Balaban J connectivity index is 1.89. The summed E-state index contributed by atoms with van der Waals surface area (Å²) in [5.74, 6) is 0.459. The molecule has 0 aromatic carbocycles. The van der Waals surface area contributed by atoms with Gasteiger partial charge in [-0.05, 0) is 87.9 Å². The zero-order valence-corrected chi connectivity index (χ0v) is 24.4. The van der Waals surface area contributed by atoms with Crippen LogP contribution >= 0.6 is 77.2 Å². The van der Waals surface area contributed by atoms with E-state index in [2.05, 4.69) is 77.8 Å². The Morgan fingerprint density at radius 1 is 0.871 bits per heavy atom. The van der Waals surface area contributed by atoms with Crippen LogP contribution in [0.4, 0.5) is 0 Å². The van der Waals surface area contributed by atoms with Crippen LogP contribution in [0.2, 0.25) is 0 Å². The second-order valence-electron chi connectivity index (χ2n) is 7.85. The first kappa shape index (κ1) is 23.8. The van der Waals surface area contributed by atoms with E-state index in [4.69, 9.17) is 0 Å². The van der Waals surface area contributed by atoms with Crippen molar-refractivity contribution in [3.8, 4) is 19.5 Å². The zero-order chi connectivity index (χ0) is 22.3. The second kappa shape index (κ2) is 9.90. The Kier molecular flexibility index (Phi) is 7.61. The van der Waals surface area contributed by atoms with Crippen molar-refractivity contribution < 1.29 is 4.79 Å². The summed E-state index contributed by atoms with van der Waals surface area (Å²) >= 11 is 14.4. The summed E-state index contributed by atoms with van der Waals surface area (Å²) in [6, 6.07) is 6.56. The third-order valence-electron chi connectivity index (χ3n) is 5.59. The molecule has 0 spiro atoms. The van der Waals surface area contributed by atoms with Crippen LogP contribution in [-0.4, -0.2) is 5.78 Å². The van der Waals surface area contributed by atoms with E-state index in [9.17, 15) is 4.79 Å². The van der Waals surface area contributed by atoms with E-state index in [1.807, 2.05) is 11.3 Å². The maximum atomic E-state index is 13.4. The van der Waals surface area contributed by atoms with Crippen LogP contribution in [0.5, 0.6) is 0 Å². The molecule has 0 saturated heterocycles. The van der Waals surface area contributed by atoms with Crippen LogP contribution in [-0.2, 0) is 0 Å². The van der Waals surface area contributed by atoms with Gasteiger partial charge in [-0.25, -0.2) is 0 Å². The zero-order valence-electron chi connectivity index (χ0n) is 17.9. The van der Waals surface area contributed by atoms with Crippen molar-refractivity contribution in [1.29, 1.82) is 0 Å². The number of unbranched alkanes of at least 4 members (excludes halogenated alkanes) is 1. The van der Waals surface area contributed by atoms with Gasteiger partial charge >= 0.3 is 0 Å². The molecule has 4 aromatic heterocycles. The van der Waals surface area contributed by atoms with Crippen molar-refractivity contribution in [3.05, 3.63) is 41.8 Å². The van der Waals surface area contributed by atoms with E-state index < -0.39 is 0 Å². The molecule has 4 heterocycles. The fourth-order valence-corrected chi connectivity index (χ4v) is 10.4. The predicted octanol–water partition coefficient (Wildman–Crippen LogP) is 11.0. The summed E-state index contributed by atoms with van der Waals surface area (Å²) in [5.41, 5.74) is 2.57. The van der Waals surface area contributed by atoms with Crippen LogP contribution in [0.3, 0.4) is 0 Å². The summed E-state index contributed by atoms with van der Waals surface area (Å²) < 4.78 is 3.56. The van der Waals surface area contributed by atoms with Crippen molar-refractivity contribution >= 4 is 93.1 Å². The van der Waals surface area contributed by atoms with Gasteiger partial charge in [-0.1, -0.05) is 26.7 Å². The molecule has 1 unspecified atom stereocenters. The SMILES string of the molecule is CCCCC(CC)C(=O)c1cc2c(-c3sc(Br)cc3C)sc(-c3sc(Br)cc3C)c2s1. The average Bonchev–Trinajstić information content (AvgIpc) is 3.45. The summed E-state index contributed by atoms with van der Waals surface area (Å²) in [6.45, 7) is 8.68. The number of carbonyl (C=O) groups is 1. The molecule has 0 amide bonds. The number of hydrogen-bond donors (Lipinski definition) is 0. The van der Waals surface area contributed by atoms with Crippen molar-refractivity contribution in [2.45, 2.75) is 53.4 Å². The highest BCUT2D eigenvalue weighted by Gasteiger charge is 2.26. The number of hydrogen-bond acceptors (Lipinski definition) is 5. The first-order valence-electron chi connectivity index (χ1n) is 10.5. The highest BCUT2D eigenvalue weighted by atomic mass is 79.9. The van der Waals surface area contributed by atoms with E-state index in [-0.39, 0.29) is 5.92 Å². The largest absolute Gasteiger partial charge is 0.293 e. The van der Waals surface area contributed by atoms with Crippen LogP contribution < -0.4 is 0 Å². The monoisotopic (exact) mass is 614 g/mol. The molecule has 1 atom stereocenters. The first-order valence-corrected chi connectivity index (χ1v) is 15.3. The highest BCUT2D eigenvalue weighted by molar-refractivity contribution is 9.11. The predicted molar refractivity (Wildman–Crippen MR) is 149 cm³/mol. The van der Waals surface area contributed by atoms with Crippen LogP contribution in [0.25, 0.3) is 29.6 Å². The number of Topliss-reactive ketones (excluding diaryl/α,β-unsaturated/α-hetero) is 1. The van der Waals surface area contributed by atoms with Crippen LogP contribution in [0, 0.1) is 19.8 Å². The van der Waals surface area contributed by atoms with E-state index >= 15 is 0 Å². The fourth-order valence-electron chi connectivity index (χ4n) is 3.88. The van der Waals surface area contributed by atoms with Gasteiger partial charge in [-0.15, -0.1) is 45.3 Å². The number of fused-ring (bicyclic) bond motifs is 1. The minimum absolute atomic E-state index is 0.133. The lowest BCUT2D eigenvalue weighted by atomic mass is 9.94. The number of ketones is 1. The van der Waals surface area contributed by atoms with Gasteiger partial charge < -0.3 is 0 Å². The third kappa shape index (κ3) is 4.69. The molecule has 0 aliphatic carbocycles. The number of thiophene rings is 4. The summed E-state index contributed by atoms with van der Waals surface area (Å²) in [4.78, 5) is 19.5. The van der Waals surface area contributed by atoms with Gasteiger partial charge in [0.05, 0.1) is 26.9 Å². The smallest absolute Gasteiger partial charge is 0.175 e. The maximum Gasteiger partial charge on any atom is 0.175 e. The van der Waals surface area contributed by atoms with Crippen molar-refractivity contribution in [3.63, 3.8) is 0 Å². The standard InChI is InChI=1S/C24H24Br2OS4/c1-5-7-8-14(6-2)19(27)16-11-15-22(20-12(3)9-17(25)29-20)31-24(23(15)28-16)21-13(4)10-18(26)30-21/h9-11,14H,5-8H2,1-4H3. The molecule has 1 nitrogen and oxygen atoms in total. The van der Waals surface area contributed by atoms with Crippen molar-refractivity contribution in [2.75, 3.05) is 0 Å². The summed E-state index contributed by atoms with van der Waals surface area (Å²) in [7, 11) is 0. The maximum absolute atomic E-state index is 13.4. The Morgan fingerprint density at radius 3 is 2.00 bits per heavy atom. The molecule has 0 saturated carbocycles. The highest BCUT2D eigenvalue weighted by Crippen LogP contribution is 2.53. The van der Waals surface area contributed by atoms with Crippen molar-refractivity contribution in [1.82, 2.24) is 0 Å². The minimum atomic E-state index is 0.133. The Hall–Kier alpha value is -0.310. The Labute approximate surface area is 216 Å². The summed E-state index contributed by atoms with van der Waals surface area (Å²) in [5, 5.41) is 1.24. The number of rotatable bonds is 8. The first-order chi connectivity index (χ1) is 14.8. The van der Waals surface area contributed by atoms with Gasteiger partial charge in [0.2, 0.25) is 0 Å². The summed E-state index contributed by atoms with van der Waals surface area (Å²) in [6.07, 6.45) is 4.16. The molecule has 0 aliphatic heterocycles. The van der Waals surface area contributed by atoms with E-state index in [1.165, 1.54) is 40.7 Å². The average molecular weight is 617 g/mol. The molecule has 31 heavy (non-hydrogen) atoms. The van der Waals surface area contributed by atoms with Crippen molar-refractivity contribution in [2.24, 2.45) is 5.92 Å². The van der Waals surface area contributed by atoms with Gasteiger partial charge in [-0.2, -0.15) is 0 Å². The molecule has 0 bridgehead atoms. The van der Waals surface area contributed by atoms with Crippen LogP contribution in [0.1, 0.15) is 60.3 Å². The number of carbonyl (C=O) groups excluding carboxylic acids is 1. The lowest BCUT2D eigenvalue weighted by Gasteiger charge is -2.11. The normalized spacial score (nSPS) is 12.7. The molecule has 7 heteroatoms. The number of halogens is 2. The van der Waals surface area contributed by atoms with Gasteiger partial charge in [0.15, 0.2) is 5.78 Å². The molecule has 4 rings (SSSR count). The molecule has 4 aromatic rings. The molecule has 0 N–H and O–H groups in total. The quantitative estimate of drug-likeness (QED) is 0.180. The lowest BCUT2D eigenvalue weighted by Crippen LogP contribution is -2.12. The topological polar surface area (TPSA) is 17.1 Å². The van der Waals surface area contributed by atoms with Gasteiger partial charge in [0.25, 0.3) is 0 Å². The third-order valence-corrected chi connectivity index (χ3v) is 11.9.